The van der Waals surface area contributed by atoms with Gasteiger partial charge in [0.05, 0.1) is 4.90 Å². The minimum Gasteiger partial charge on any atom is -0.326 e. The van der Waals surface area contributed by atoms with Crippen LogP contribution < -0.4 is 5.32 Å². The van der Waals surface area contributed by atoms with E-state index in [1.165, 1.54) is 0 Å². The Balaban J connectivity index is 1.66. The Morgan fingerprint density at radius 3 is 2.28 bits per heavy atom. The van der Waals surface area contributed by atoms with E-state index in [0.717, 1.165) is 44.9 Å². The molecule has 5 nitrogen and oxygen atoms in total. The van der Waals surface area contributed by atoms with Gasteiger partial charge in [-0.25, -0.2) is 8.42 Å². The first kappa shape index (κ1) is 18.1. The summed E-state index contributed by atoms with van der Waals surface area (Å²) >= 11 is 0. The summed E-state index contributed by atoms with van der Waals surface area (Å²) in [6, 6.07) is 6.55. The van der Waals surface area contributed by atoms with E-state index in [-0.39, 0.29) is 11.8 Å². The molecular weight excluding hydrogens is 336 g/mol. The van der Waals surface area contributed by atoms with Crippen LogP contribution in [0.3, 0.4) is 0 Å². The van der Waals surface area contributed by atoms with Crippen molar-refractivity contribution in [2.24, 2.45) is 5.92 Å². The first-order valence-corrected chi connectivity index (χ1v) is 10.6. The van der Waals surface area contributed by atoms with Gasteiger partial charge in [-0.2, -0.15) is 4.31 Å². The van der Waals surface area contributed by atoms with Gasteiger partial charge in [0, 0.05) is 24.7 Å². The molecule has 1 N–H and O–H groups in total. The average molecular weight is 362 g/mol. The van der Waals surface area contributed by atoms with Crippen LogP contribution in [0.1, 0.15) is 44.9 Å². The van der Waals surface area contributed by atoms with E-state index in [4.69, 9.17) is 0 Å². The fraction of sp³-hybridized carbons (Fsp3) is 0.526. The van der Waals surface area contributed by atoms with E-state index < -0.39 is 10.0 Å². The first-order valence-electron chi connectivity index (χ1n) is 9.13. The lowest BCUT2D eigenvalue weighted by Gasteiger charge is -2.20. The number of carbonyl (C=O) groups is 1. The molecule has 0 aromatic heterocycles. The lowest BCUT2D eigenvalue weighted by molar-refractivity contribution is -0.120. The fourth-order valence-corrected chi connectivity index (χ4v) is 4.93. The third-order valence-corrected chi connectivity index (χ3v) is 6.88. The molecule has 1 saturated heterocycles. The summed E-state index contributed by atoms with van der Waals surface area (Å²) in [5.74, 6) is 0.0120. The van der Waals surface area contributed by atoms with Gasteiger partial charge in [-0.1, -0.05) is 25.0 Å². The number of nitrogens with one attached hydrogen (secondary N) is 1. The third kappa shape index (κ3) is 4.50. The molecule has 1 fully saturated rings. The molecule has 1 atom stereocenters. The summed E-state index contributed by atoms with van der Waals surface area (Å²) in [5.41, 5.74) is 0.648. The molecule has 2 aliphatic rings. The molecule has 25 heavy (non-hydrogen) atoms. The van der Waals surface area contributed by atoms with Crippen LogP contribution in [0.15, 0.2) is 41.3 Å². The molecule has 3 rings (SSSR count). The Morgan fingerprint density at radius 2 is 1.68 bits per heavy atom. The van der Waals surface area contributed by atoms with E-state index in [9.17, 15) is 13.2 Å². The maximum atomic E-state index is 12.8. The van der Waals surface area contributed by atoms with E-state index in [2.05, 4.69) is 11.4 Å². The number of carbonyl (C=O) groups excluding carboxylic acids is 1. The molecule has 1 amide bonds. The molecule has 0 bridgehead atoms. The summed E-state index contributed by atoms with van der Waals surface area (Å²) in [7, 11) is -3.44. The summed E-state index contributed by atoms with van der Waals surface area (Å²) < 4.78 is 27.1. The quantitative estimate of drug-likeness (QED) is 0.833. The number of allylic oxidation sites excluding steroid dienone is 2. The minimum atomic E-state index is -3.44. The van der Waals surface area contributed by atoms with Gasteiger partial charge in [0.25, 0.3) is 0 Å². The number of rotatable bonds is 4. The zero-order valence-electron chi connectivity index (χ0n) is 14.5. The van der Waals surface area contributed by atoms with Gasteiger partial charge in [-0.15, -0.1) is 0 Å². The van der Waals surface area contributed by atoms with Crippen LogP contribution in [-0.4, -0.2) is 31.7 Å². The molecule has 1 aromatic carbocycles. The van der Waals surface area contributed by atoms with E-state index in [0.29, 0.717) is 23.7 Å². The highest BCUT2D eigenvalue weighted by Crippen LogP contribution is 2.23. The summed E-state index contributed by atoms with van der Waals surface area (Å²) in [6.07, 6.45) is 10.7. The van der Waals surface area contributed by atoms with Crippen molar-refractivity contribution < 1.29 is 13.2 Å². The molecular formula is C19H26N2O3S. The summed E-state index contributed by atoms with van der Waals surface area (Å²) in [4.78, 5) is 12.6. The monoisotopic (exact) mass is 362 g/mol. The predicted octanol–water partition coefficient (Wildman–Crippen LogP) is 3.55. The zero-order chi connectivity index (χ0) is 17.7. The van der Waals surface area contributed by atoms with Crippen molar-refractivity contribution in [3.63, 3.8) is 0 Å². The number of anilines is 1. The van der Waals surface area contributed by atoms with Crippen molar-refractivity contribution in [3.8, 4) is 0 Å². The highest BCUT2D eigenvalue weighted by atomic mass is 32.2. The normalized spacial score (nSPS) is 22.3. The Labute approximate surface area is 150 Å². The van der Waals surface area contributed by atoms with Crippen molar-refractivity contribution in [2.75, 3.05) is 18.4 Å². The molecule has 1 aromatic rings. The fourth-order valence-electron chi connectivity index (χ4n) is 3.42. The number of sulfonamides is 1. The minimum absolute atomic E-state index is 0.00510. The molecule has 0 saturated carbocycles. The van der Waals surface area contributed by atoms with Crippen molar-refractivity contribution in [1.82, 2.24) is 4.31 Å². The summed E-state index contributed by atoms with van der Waals surface area (Å²) in [6.45, 7) is 1.19. The molecule has 1 unspecified atom stereocenters. The summed E-state index contributed by atoms with van der Waals surface area (Å²) in [5, 5.41) is 2.90. The average Bonchev–Trinajstić information content (AvgIpc) is 2.93. The van der Waals surface area contributed by atoms with Gasteiger partial charge in [0.15, 0.2) is 0 Å². The number of hydrogen-bond donors (Lipinski definition) is 1. The maximum absolute atomic E-state index is 12.8. The van der Waals surface area contributed by atoms with E-state index in [1.54, 1.807) is 28.6 Å². The van der Waals surface area contributed by atoms with Crippen LogP contribution in [0.25, 0.3) is 0 Å². The number of nitrogens with zero attached hydrogens (tertiary/aromatic N) is 1. The molecule has 0 radical (unpaired) electrons. The second-order valence-corrected chi connectivity index (χ2v) is 8.75. The standard InChI is InChI=1S/C19H26N2O3S/c22-19(16-8-4-3-5-9-16)20-17-10-12-18(13-11-17)25(23,24)21-14-6-1-2-7-15-21/h3-4,10-13,16H,1-2,5-9,14-15H2,(H,20,22). The Bertz CT molecular complexity index is 718. The zero-order valence-corrected chi connectivity index (χ0v) is 15.3. The van der Waals surface area contributed by atoms with Gasteiger partial charge in [0.2, 0.25) is 15.9 Å². The topological polar surface area (TPSA) is 66.5 Å². The van der Waals surface area contributed by atoms with Gasteiger partial charge >= 0.3 is 0 Å². The molecule has 1 aliphatic heterocycles. The molecule has 136 valence electrons. The highest BCUT2D eigenvalue weighted by Gasteiger charge is 2.25. The predicted molar refractivity (Wildman–Crippen MR) is 98.8 cm³/mol. The van der Waals surface area contributed by atoms with Gasteiger partial charge < -0.3 is 5.32 Å². The van der Waals surface area contributed by atoms with Crippen LogP contribution in [0.4, 0.5) is 5.69 Å². The van der Waals surface area contributed by atoms with Crippen molar-refractivity contribution in [2.45, 2.75) is 49.8 Å². The van der Waals surface area contributed by atoms with Gasteiger partial charge in [-0.3, -0.25) is 4.79 Å². The molecule has 0 spiro atoms. The Kier molecular flexibility index (Phi) is 5.91. The van der Waals surface area contributed by atoms with Crippen LogP contribution >= 0.6 is 0 Å². The number of amides is 1. The van der Waals surface area contributed by atoms with Crippen LogP contribution in [-0.2, 0) is 14.8 Å². The van der Waals surface area contributed by atoms with Gasteiger partial charge in [0.1, 0.15) is 0 Å². The Hall–Kier alpha value is -1.66. The lowest BCUT2D eigenvalue weighted by atomic mass is 9.93. The Morgan fingerprint density at radius 1 is 1.00 bits per heavy atom. The second kappa shape index (κ2) is 8.15. The third-order valence-electron chi connectivity index (χ3n) is 4.96. The first-order chi connectivity index (χ1) is 12.1. The van der Waals surface area contributed by atoms with Crippen LogP contribution in [0, 0.1) is 5.92 Å². The largest absolute Gasteiger partial charge is 0.326 e. The molecule has 6 heteroatoms. The van der Waals surface area contributed by atoms with E-state index >= 15 is 0 Å². The van der Waals surface area contributed by atoms with E-state index in [1.807, 2.05) is 6.08 Å². The van der Waals surface area contributed by atoms with Crippen molar-refractivity contribution >= 4 is 21.6 Å². The lowest BCUT2D eigenvalue weighted by Crippen LogP contribution is -2.31. The second-order valence-electron chi connectivity index (χ2n) is 6.81. The molecule has 1 aliphatic carbocycles. The van der Waals surface area contributed by atoms with Gasteiger partial charge in [-0.05, 0) is 56.4 Å². The van der Waals surface area contributed by atoms with Crippen molar-refractivity contribution in [3.05, 3.63) is 36.4 Å². The number of hydrogen-bond acceptors (Lipinski definition) is 3. The SMILES string of the molecule is O=C(Nc1ccc(S(=O)(=O)N2CCCCCC2)cc1)C1CC=CCC1. The number of benzene rings is 1. The molecule has 1 heterocycles. The smallest absolute Gasteiger partial charge is 0.243 e. The van der Waals surface area contributed by atoms with Crippen molar-refractivity contribution in [1.29, 1.82) is 0 Å². The highest BCUT2D eigenvalue weighted by molar-refractivity contribution is 7.89. The van der Waals surface area contributed by atoms with Crippen LogP contribution in [0.5, 0.6) is 0 Å². The maximum Gasteiger partial charge on any atom is 0.243 e. The van der Waals surface area contributed by atoms with Crippen LogP contribution in [0.2, 0.25) is 0 Å².